The quantitative estimate of drug-likeness (QED) is 0.551. The van der Waals surface area contributed by atoms with Crippen LogP contribution >= 0.6 is 0 Å². The second-order valence-corrected chi connectivity index (χ2v) is 4.22. The molecule has 0 bridgehead atoms. The molecular formula is C12H18. The molecule has 0 aromatic heterocycles. The molecule has 1 saturated carbocycles. The Hall–Kier alpha value is -0.520. The Morgan fingerprint density at radius 1 is 1.17 bits per heavy atom. The molecule has 1 atom stereocenters. The summed E-state index contributed by atoms with van der Waals surface area (Å²) in [5, 5.41) is 0. The molecule has 66 valence electrons. The Morgan fingerprint density at radius 3 is 2.50 bits per heavy atom. The minimum absolute atomic E-state index is 0.797. The Kier molecular flexibility index (Phi) is 2.34. The van der Waals surface area contributed by atoms with Gasteiger partial charge in [0.2, 0.25) is 0 Å². The molecule has 0 spiro atoms. The fourth-order valence-corrected chi connectivity index (χ4v) is 2.61. The van der Waals surface area contributed by atoms with Crippen LogP contribution in [0.3, 0.4) is 0 Å². The van der Waals surface area contributed by atoms with Gasteiger partial charge in [-0.3, -0.25) is 0 Å². The van der Waals surface area contributed by atoms with Crippen LogP contribution in [0.15, 0.2) is 23.8 Å². The normalized spacial score (nSPS) is 30.8. The van der Waals surface area contributed by atoms with E-state index in [1.54, 1.807) is 5.57 Å². The highest BCUT2D eigenvalue weighted by atomic mass is 14.3. The highest BCUT2D eigenvalue weighted by Crippen LogP contribution is 2.36. The van der Waals surface area contributed by atoms with Crippen molar-refractivity contribution in [3.8, 4) is 0 Å². The highest BCUT2D eigenvalue weighted by molar-refractivity contribution is 5.26. The van der Waals surface area contributed by atoms with Gasteiger partial charge in [0.25, 0.3) is 0 Å². The molecule has 0 heteroatoms. The lowest BCUT2D eigenvalue weighted by molar-refractivity contribution is 0.312. The summed E-state index contributed by atoms with van der Waals surface area (Å²) in [5.41, 5.74) is 1.59. The first-order chi connectivity index (χ1) is 5.88. The number of hydrogen-bond donors (Lipinski definition) is 0. The molecule has 12 heavy (non-hydrogen) atoms. The van der Waals surface area contributed by atoms with Gasteiger partial charge in [-0.2, -0.15) is 0 Å². The number of allylic oxidation sites excluding steroid dienone is 4. The maximum Gasteiger partial charge on any atom is 0.000849 e. The van der Waals surface area contributed by atoms with Gasteiger partial charge >= 0.3 is 0 Å². The largest absolute Gasteiger partial charge is 0.0771 e. The van der Waals surface area contributed by atoms with E-state index in [2.05, 4.69) is 25.2 Å². The molecule has 0 nitrogen and oxygen atoms in total. The van der Waals surface area contributed by atoms with Crippen LogP contribution in [0.4, 0.5) is 0 Å². The van der Waals surface area contributed by atoms with E-state index < -0.39 is 0 Å². The van der Waals surface area contributed by atoms with Crippen LogP contribution < -0.4 is 0 Å². The molecule has 0 aliphatic heterocycles. The molecule has 0 aromatic carbocycles. The molecule has 0 radical (unpaired) electrons. The van der Waals surface area contributed by atoms with Crippen molar-refractivity contribution in [1.82, 2.24) is 0 Å². The molecule has 0 aromatic rings. The van der Waals surface area contributed by atoms with Crippen molar-refractivity contribution in [3.63, 3.8) is 0 Å². The van der Waals surface area contributed by atoms with E-state index in [-0.39, 0.29) is 0 Å². The highest BCUT2D eigenvalue weighted by Gasteiger charge is 2.23. The van der Waals surface area contributed by atoms with Gasteiger partial charge in [0, 0.05) is 5.92 Å². The SMILES string of the molecule is CC1=CC=CC1C1CCCCC1. The Balaban J connectivity index is 1.99. The van der Waals surface area contributed by atoms with Gasteiger partial charge in [-0.25, -0.2) is 0 Å². The van der Waals surface area contributed by atoms with Crippen molar-refractivity contribution in [2.45, 2.75) is 39.0 Å². The zero-order chi connectivity index (χ0) is 8.39. The van der Waals surface area contributed by atoms with Gasteiger partial charge in [-0.15, -0.1) is 0 Å². The van der Waals surface area contributed by atoms with Crippen molar-refractivity contribution < 1.29 is 0 Å². The summed E-state index contributed by atoms with van der Waals surface area (Å²) in [6, 6.07) is 0. The fourth-order valence-electron chi connectivity index (χ4n) is 2.61. The predicted octanol–water partition coefficient (Wildman–Crippen LogP) is 3.70. The molecule has 2 rings (SSSR count). The summed E-state index contributed by atoms with van der Waals surface area (Å²) in [6.07, 6.45) is 14.2. The minimum Gasteiger partial charge on any atom is -0.0771 e. The summed E-state index contributed by atoms with van der Waals surface area (Å²) in [7, 11) is 0. The Morgan fingerprint density at radius 2 is 1.92 bits per heavy atom. The van der Waals surface area contributed by atoms with E-state index in [4.69, 9.17) is 0 Å². The maximum absolute atomic E-state index is 2.39. The molecule has 1 unspecified atom stereocenters. The Labute approximate surface area is 75.4 Å². The van der Waals surface area contributed by atoms with Gasteiger partial charge in [-0.1, -0.05) is 43.1 Å². The summed E-state index contributed by atoms with van der Waals surface area (Å²) in [5.74, 6) is 1.76. The predicted molar refractivity (Wildman–Crippen MR) is 53.0 cm³/mol. The summed E-state index contributed by atoms with van der Waals surface area (Å²) in [6.45, 7) is 2.28. The Bertz CT molecular complexity index is 204. The van der Waals surface area contributed by atoms with Gasteiger partial charge in [-0.05, 0) is 25.7 Å². The monoisotopic (exact) mass is 162 g/mol. The van der Waals surface area contributed by atoms with Crippen molar-refractivity contribution >= 4 is 0 Å². The van der Waals surface area contributed by atoms with Crippen LogP contribution in [0.2, 0.25) is 0 Å². The average molecular weight is 162 g/mol. The third-order valence-electron chi connectivity index (χ3n) is 3.36. The zero-order valence-electron chi connectivity index (χ0n) is 7.92. The second-order valence-electron chi connectivity index (χ2n) is 4.22. The van der Waals surface area contributed by atoms with Gasteiger partial charge < -0.3 is 0 Å². The van der Waals surface area contributed by atoms with Crippen molar-refractivity contribution in [3.05, 3.63) is 23.8 Å². The maximum atomic E-state index is 2.39. The minimum atomic E-state index is 0.797. The van der Waals surface area contributed by atoms with Gasteiger partial charge in [0.05, 0.1) is 0 Å². The molecular weight excluding hydrogens is 144 g/mol. The first kappa shape index (κ1) is 8.10. The van der Waals surface area contributed by atoms with Crippen molar-refractivity contribution in [2.75, 3.05) is 0 Å². The molecule has 0 saturated heterocycles. The van der Waals surface area contributed by atoms with Crippen molar-refractivity contribution in [1.29, 1.82) is 0 Å². The van der Waals surface area contributed by atoms with E-state index >= 15 is 0 Å². The van der Waals surface area contributed by atoms with Crippen LogP contribution in [0.1, 0.15) is 39.0 Å². The molecule has 2 aliphatic carbocycles. The molecule has 0 amide bonds. The van der Waals surface area contributed by atoms with Crippen LogP contribution in [-0.4, -0.2) is 0 Å². The first-order valence-corrected chi connectivity index (χ1v) is 5.23. The standard InChI is InChI=1S/C12H18/c1-10-6-5-9-12(10)11-7-3-2-4-8-11/h5-6,9,11-12H,2-4,7-8H2,1H3. The molecule has 1 fully saturated rings. The van der Waals surface area contributed by atoms with Gasteiger partial charge in [0.15, 0.2) is 0 Å². The van der Waals surface area contributed by atoms with Crippen LogP contribution in [0.5, 0.6) is 0 Å². The lowest BCUT2D eigenvalue weighted by Gasteiger charge is -2.27. The summed E-state index contributed by atoms with van der Waals surface area (Å²) >= 11 is 0. The van der Waals surface area contributed by atoms with Crippen molar-refractivity contribution in [2.24, 2.45) is 11.8 Å². The van der Waals surface area contributed by atoms with Crippen LogP contribution in [0, 0.1) is 11.8 Å². The summed E-state index contributed by atoms with van der Waals surface area (Å²) in [4.78, 5) is 0. The average Bonchev–Trinajstić information content (AvgIpc) is 2.53. The lowest BCUT2D eigenvalue weighted by Crippen LogP contribution is -2.15. The van der Waals surface area contributed by atoms with Crippen LogP contribution in [-0.2, 0) is 0 Å². The first-order valence-electron chi connectivity index (χ1n) is 5.23. The third kappa shape index (κ3) is 1.48. The number of rotatable bonds is 1. The van der Waals surface area contributed by atoms with E-state index in [9.17, 15) is 0 Å². The van der Waals surface area contributed by atoms with Gasteiger partial charge in [0.1, 0.15) is 0 Å². The lowest BCUT2D eigenvalue weighted by atomic mass is 9.78. The topological polar surface area (TPSA) is 0 Å². The third-order valence-corrected chi connectivity index (χ3v) is 3.36. The van der Waals surface area contributed by atoms with E-state index in [1.165, 1.54) is 32.1 Å². The number of hydrogen-bond acceptors (Lipinski definition) is 0. The molecule has 0 heterocycles. The summed E-state index contributed by atoms with van der Waals surface area (Å²) < 4.78 is 0. The fraction of sp³-hybridized carbons (Fsp3) is 0.667. The van der Waals surface area contributed by atoms with Crippen LogP contribution in [0.25, 0.3) is 0 Å². The molecule has 0 N–H and O–H groups in total. The van der Waals surface area contributed by atoms with E-state index in [0.717, 1.165) is 11.8 Å². The smallest absolute Gasteiger partial charge is 0.000849 e. The van der Waals surface area contributed by atoms with E-state index in [0.29, 0.717) is 0 Å². The molecule has 2 aliphatic rings. The van der Waals surface area contributed by atoms with E-state index in [1.807, 2.05) is 0 Å². The second kappa shape index (κ2) is 3.47. The zero-order valence-corrected chi connectivity index (χ0v) is 7.92.